The summed E-state index contributed by atoms with van der Waals surface area (Å²) in [6.07, 6.45) is 0.478. The Morgan fingerprint density at radius 1 is 1.19 bits per heavy atom. The second kappa shape index (κ2) is 7.12. The summed E-state index contributed by atoms with van der Waals surface area (Å²) < 4.78 is 18.9. The van der Waals surface area contributed by atoms with Crippen LogP contribution in [-0.2, 0) is 6.42 Å². The van der Waals surface area contributed by atoms with E-state index in [1.807, 2.05) is 6.07 Å². The summed E-state index contributed by atoms with van der Waals surface area (Å²) in [5, 5.41) is 4.16. The van der Waals surface area contributed by atoms with Crippen LogP contribution in [0.25, 0.3) is 0 Å². The van der Waals surface area contributed by atoms with E-state index in [4.69, 9.17) is 27.9 Å². The number of ether oxygens (including phenoxy) is 1. The Balaban J connectivity index is 2.34. The highest BCUT2D eigenvalue weighted by atomic mass is 35.5. The van der Waals surface area contributed by atoms with Gasteiger partial charge in [0.25, 0.3) is 0 Å². The third kappa shape index (κ3) is 3.67. The molecule has 2 rings (SSSR count). The lowest BCUT2D eigenvalue weighted by atomic mass is 9.98. The highest BCUT2D eigenvalue weighted by Crippen LogP contribution is 2.35. The molecular formula is C16H16Cl2FNO. The predicted octanol–water partition coefficient (Wildman–Crippen LogP) is 4.64. The van der Waals surface area contributed by atoms with E-state index in [1.165, 1.54) is 13.2 Å². The quantitative estimate of drug-likeness (QED) is 0.863. The van der Waals surface area contributed by atoms with Gasteiger partial charge in [-0.25, -0.2) is 4.39 Å². The number of halogens is 3. The highest BCUT2D eigenvalue weighted by molar-refractivity contribution is 6.34. The van der Waals surface area contributed by atoms with Gasteiger partial charge in [-0.2, -0.15) is 0 Å². The molecule has 21 heavy (non-hydrogen) atoms. The zero-order valence-corrected chi connectivity index (χ0v) is 13.3. The van der Waals surface area contributed by atoms with Gasteiger partial charge in [-0.1, -0.05) is 41.4 Å². The smallest absolute Gasteiger partial charge is 0.138 e. The van der Waals surface area contributed by atoms with E-state index in [2.05, 4.69) is 5.32 Å². The first kappa shape index (κ1) is 16.1. The number of rotatable bonds is 5. The Labute approximate surface area is 133 Å². The Morgan fingerprint density at radius 3 is 2.52 bits per heavy atom. The van der Waals surface area contributed by atoms with Crippen LogP contribution < -0.4 is 10.1 Å². The van der Waals surface area contributed by atoms with Crippen molar-refractivity contribution in [3.8, 4) is 5.75 Å². The van der Waals surface area contributed by atoms with E-state index < -0.39 is 0 Å². The molecule has 5 heteroatoms. The molecule has 2 aromatic carbocycles. The molecule has 0 bridgehead atoms. The maximum Gasteiger partial charge on any atom is 0.138 e. The lowest BCUT2D eigenvalue weighted by molar-refractivity contribution is 0.414. The van der Waals surface area contributed by atoms with Crippen LogP contribution in [0, 0.1) is 5.82 Å². The molecule has 0 aliphatic carbocycles. The third-order valence-corrected chi connectivity index (χ3v) is 4.00. The monoisotopic (exact) mass is 327 g/mol. The zero-order chi connectivity index (χ0) is 15.4. The van der Waals surface area contributed by atoms with Crippen LogP contribution in [0.4, 0.5) is 4.39 Å². The fraction of sp³-hybridized carbons (Fsp3) is 0.250. The standard InChI is InChI=1S/C16H16Cl2FNO/c1-20-15(7-10-5-3-4-6-14(10)19)11-8-13(18)16(21-2)9-12(11)17/h3-6,8-9,15,20H,7H2,1-2H3. The van der Waals surface area contributed by atoms with Gasteiger partial charge in [-0.3, -0.25) is 0 Å². The van der Waals surface area contributed by atoms with Gasteiger partial charge in [0.2, 0.25) is 0 Å². The highest BCUT2D eigenvalue weighted by Gasteiger charge is 2.18. The van der Waals surface area contributed by atoms with Crippen molar-refractivity contribution in [2.75, 3.05) is 14.2 Å². The fourth-order valence-electron chi connectivity index (χ4n) is 2.22. The predicted molar refractivity (Wildman–Crippen MR) is 84.9 cm³/mol. The number of methoxy groups -OCH3 is 1. The van der Waals surface area contributed by atoms with Crippen LogP contribution in [0.5, 0.6) is 5.75 Å². The van der Waals surface area contributed by atoms with Crippen LogP contribution >= 0.6 is 23.2 Å². The Hall–Kier alpha value is -1.29. The van der Waals surface area contributed by atoms with Crippen LogP contribution in [-0.4, -0.2) is 14.2 Å². The van der Waals surface area contributed by atoms with Crippen molar-refractivity contribution in [2.45, 2.75) is 12.5 Å². The molecule has 0 radical (unpaired) electrons. The first-order valence-electron chi connectivity index (χ1n) is 6.50. The molecule has 0 aliphatic rings. The minimum absolute atomic E-state index is 0.141. The molecule has 1 atom stereocenters. The summed E-state index contributed by atoms with van der Waals surface area (Å²) in [4.78, 5) is 0. The first-order chi connectivity index (χ1) is 10.1. The van der Waals surface area contributed by atoms with Gasteiger partial charge in [-0.15, -0.1) is 0 Å². The minimum atomic E-state index is -0.228. The van der Waals surface area contributed by atoms with Crippen molar-refractivity contribution in [1.82, 2.24) is 5.32 Å². The van der Waals surface area contributed by atoms with Gasteiger partial charge in [-0.05, 0) is 36.7 Å². The van der Waals surface area contributed by atoms with Crippen molar-refractivity contribution >= 4 is 23.2 Å². The molecule has 0 saturated heterocycles. The number of hydrogen-bond acceptors (Lipinski definition) is 2. The summed E-state index contributed by atoms with van der Waals surface area (Å²) in [5.74, 6) is 0.291. The fourth-order valence-corrected chi connectivity index (χ4v) is 2.75. The number of hydrogen-bond donors (Lipinski definition) is 1. The van der Waals surface area contributed by atoms with Gasteiger partial charge < -0.3 is 10.1 Å². The minimum Gasteiger partial charge on any atom is -0.495 e. The Kier molecular flexibility index (Phi) is 5.45. The largest absolute Gasteiger partial charge is 0.495 e. The molecule has 112 valence electrons. The molecule has 0 saturated carbocycles. The van der Waals surface area contributed by atoms with Gasteiger partial charge in [0.05, 0.1) is 12.1 Å². The van der Waals surface area contributed by atoms with Crippen molar-refractivity contribution in [2.24, 2.45) is 0 Å². The van der Waals surface area contributed by atoms with Gasteiger partial charge in [0.15, 0.2) is 0 Å². The maximum absolute atomic E-state index is 13.8. The Morgan fingerprint density at radius 2 is 1.90 bits per heavy atom. The maximum atomic E-state index is 13.8. The van der Waals surface area contributed by atoms with Crippen molar-refractivity contribution in [1.29, 1.82) is 0 Å². The van der Waals surface area contributed by atoms with Gasteiger partial charge in [0.1, 0.15) is 11.6 Å². The second-order valence-electron chi connectivity index (χ2n) is 4.65. The van der Waals surface area contributed by atoms with Crippen molar-refractivity contribution in [3.63, 3.8) is 0 Å². The van der Waals surface area contributed by atoms with E-state index in [-0.39, 0.29) is 11.9 Å². The van der Waals surface area contributed by atoms with Crippen LogP contribution in [0.1, 0.15) is 17.2 Å². The van der Waals surface area contributed by atoms with Crippen molar-refractivity contribution in [3.05, 3.63) is 63.4 Å². The molecular weight excluding hydrogens is 312 g/mol. The summed E-state index contributed by atoms with van der Waals surface area (Å²) in [6, 6.07) is 9.98. The molecule has 2 aromatic rings. The molecule has 0 amide bonds. The number of likely N-dealkylation sites (N-methyl/N-ethyl adjacent to an activating group) is 1. The molecule has 0 spiro atoms. The average Bonchev–Trinajstić information content (AvgIpc) is 2.48. The van der Waals surface area contributed by atoms with Gasteiger partial charge >= 0.3 is 0 Å². The summed E-state index contributed by atoms with van der Waals surface area (Å²) in [7, 11) is 3.34. The molecule has 0 fully saturated rings. The molecule has 0 heterocycles. The van der Waals surface area contributed by atoms with E-state index >= 15 is 0 Å². The van der Waals surface area contributed by atoms with Crippen LogP contribution in [0.3, 0.4) is 0 Å². The van der Waals surface area contributed by atoms with E-state index in [1.54, 1.807) is 31.3 Å². The van der Waals surface area contributed by atoms with Crippen LogP contribution in [0.2, 0.25) is 10.0 Å². The molecule has 1 unspecified atom stereocenters. The molecule has 2 nitrogen and oxygen atoms in total. The lowest BCUT2D eigenvalue weighted by Crippen LogP contribution is -2.20. The lowest BCUT2D eigenvalue weighted by Gasteiger charge is -2.19. The summed E-state index contributed by atoms with van der Waals surface area (Å²) >= 11 is 12.4. The Bertz CT molecular complexity index is 634. The van der Waals surface area contributed by atoms with E-state index in [9.17, 15) is 4.39 Å². The second-order valence-corrected chi connectivity index (χ2v) is 5.46. The topological polar surface area (TPSA) is 21.3 Å². The van der Waals surface area contributed by atoms with E-state index in [0.29, 0.717) is 27.8 Å². The van der Waals surface area contributed by atoms with E-state index in [0.717, 1.165) is 5.56 Å². The van der Waals surface area contributed by atoms with Crippen molar-refractivity contribution < 1.29 is 9.13 Å². The van der Waals surface area contributed by atoms with Crippen LogP contribution in [0.15, 0.2) is 36.4 Å². The average molecular weight is 328 g/mol. The SMILES string of the molecule is CNC(Cc1ccccc1F)c1cc(Cl)c(OC)cc1Cl. The molecule has 1 N–H and O–H groups in total. The number of benzene rings is 2. The van der Waals surface area contributed by atoms with Gasteiger partial charge in [0, 0.05) is 17.1 Å². The molecule has 0 aliphatic heterocycles. The first-order valence-corrected chi connectivity index (χ1v) is 7.26. The summed E-state index contributed by atoms with van der Waals surface area (Å²) in [6.45, 7) is 0. The third-order valence-electron chi connectivity index (χ3n) is 3.38. The molecule has 0 aromatic heterocycles. The summed E-state index contributed by atoms with van der Waals surface area (Å²) in [5.41, 5.74) is 1.44. The zero-order valence-electron chi connectivity index (χ0n) is 11.8. The number of nitrogens with one attached hydrogen (secondary N) is 1. The normalized spacial score (nSPS) is 12.2.